The molecule has 3 aromatic rings. The molecule has 4 rings (SSSR count). The van der Waals surface area contributed by atoms with Gasteiger partial charge in [0.05, 0.1) is 24.1 Å². The molecule has 1 N–H and O–H groups in total. The Bertz CT molecular complexity index is 1370. The third-order valence-electron chi connectivity index (χ3n) is 6.44. The molecule has 0 saturated carbocycles. The maximum absolute atomic E-state index is 13.2. The van der Waals surface area contributed by atoms with E-state index < -0.39 is 11.9 Å². The molecule has 8 nitrogen and oxygen atoms in total. The van der Waals surface area contributed by atoms with E-state index in [0.29, 0.717) is 34.8 Å². The summed E-state index contributed by atoms with van der Waals surface area (Å²) < 4.78 is 4.82. The number of carbonyl (C=O) groups is 3. The van der Waals surface area contributed by atoms with Crippen molar-refractivity contribution in [3.05, 3.63) is 95.1 Å². The SMILES string of the molecule is COC(=O)c1ccc2c(c1)NC(=O)C2C(=Nc1cccc(C(=O)N(C)CCCN(C)C)c1)c1ccccc1. The van der Waals surface area contributed by atoms with Crippen LogP contribution >= 0.6 is 0 Å². The zero-order chi connectivity index (χ0) is 27.2. The van der Waals surface area contributed by atoms with Crippen LogP contribution in [0.3, 0.4) is 0 Å². The molecular weight excluding hydrogens is 480 g/mol. The molecule has 1 aliphatic heterocycles. The minimum absolute atomic E-state index is 0.0821. The molecule has 1 heterocycles. The third-order valence-corrected chi connectivity index (χ3v) is 6.44. The number of carbonyl (C=O) groups excluding carboxylic acids is 3. The summed E-state index contributed by atoms with van der Waals surface area (Å²) in [4.78, 5) is 47.0. The summed E-state index contributed by atoms with van der Waals surface area (Å²) in [6.45, 7) is 1.54. The van der Waals surface area contributed by atoms with Crippen molar-refractivity contribution in [2.24, 2.45) is 4.99 Å². The lowest BCUT2D eigenvalue weighted by Gasteiger charge is -2.19. The second-order valence-corrected chi connectivity index (χ2v) is 9.51. The number of ether oxygens (including phenoxy) is 1. The second-order valence-electron chi connectivity index (χ2n) is 9.51. The lowest BCUT2D eigenvalue weighted by Crippen LogP contribution is -2.29. The summed E-state index contributed by atoms with van der Waals surface area (Å²) in [6.07, 6.45) is 0.874. The number of hydrogen-bond donors (Lipinski definition) is 1. The quantitative estimate of drug-likeness (QED) is 0.340. The van der Waals surface area contributed by atoms with Gasteiger partial charge in [-0.3, -0.25) is 14.6 Å². The number of nitrogens with zero attached hydrogens (tertiary/aromatic N) is 3. The van der Waals surface area contributed by atoms with E-state index >= 15 is 0 Å². The fraction of sp³-hybridized carbons (Fsp3) is 0.267. The molecule has 8 heteroatoms. The molecule has 0 aromatic heterocycles. The van der Waals surface area contributed by atoms with Gasteiger partial charge in [0.15, 0.2) is 0 Å². The molecule has 0 bridgehead atoms. The van der Waals surface area contributed by atoms with Gasteiger partial charge >= 0.3 is 5.97 Å². The van der Waals surface area contributed by atoms with Crippen molar-refractivity contribution < 1.29 is 19.1 Å². The molecular formula is C30H32N4O4. The minimum Gasteiger partial charge on any atom is -0.465 e. The van der Waals surface area contributed by atoms with Gasteiger partial charge in [-0.1, -0.05) is 42.5 Å². The van der Waals surface area contributed by atoms with Crippen molar-refractivity contribution in [2.75, 3.05) is 46.7 Å². The number of nitrogens with one attached hydrogen (secondary N) is 1. The van der Waals surface area contributed by atoms with E-state index in [4.69, 9.17) is 9.73 Å². The molecule has 0 saturated heterocycles. The van der Waals surface area contributed by atoms with Gasteiger partial charge in [-0.05, 0) is 68.5 Å². The van der Waals surface area contributed by atoms with Crippen LogP contribution in [0, 0.1) is 0 Å². The Kier molecular flexibility index (Phi) is 8.33. The summed E-state index contributed by atoms with van der Waals surface area (Å²) >= 11 is 0. The first-order valence-corrected chi connectivity index (χ1v) is 12.5. The lowest BCUT2D eigenvalue weighted by atomic mass is 9.90. The molecule has 38 heavy (non-hydrogen) atoms. The highest BCUT2D eigenvalue weighted by atomic mass is 16.5. The molecule has 0 fully saturated rings. The first-order valence-electron chi connectivity index (χ1n) is 12.5. The van der Waals surface area contributed by atoms with E-state index in [0.717, 1.165) is 24.1 Å². The van der Waals surface area contributed by atoms with E-state index in [9.17, 15) is 14.4 Å². The molecule has 1 aliphatic rings. The standard InChI is InChI=1S/C30H32N4O4/c1-33(2)16-9-17-34(3)29(36)21-12-8-13-23(18-21)31-27(20-10-6-5-7-11-20)26-24-15-14-22(30(37)38-4)19-25(24)32-28(26)35/h5-8,10-15,18-19,26H,9,16-17H2,1-4H3,(H,32,35). The molecule has 1 atom stereocenters. The van der Waals surface area contributed by atoms with Gasteiger partial charge in [-0.15, -0.1) is 0 Å². The number of anilines is 1. The van der Waals surface area contributed by atoms with Crippen molar-refractivity contribution in [1.82, 2.24) is 9.80 Å². The third kappa shape index (κ3) is 5.98. The Hall–Kier alpha value is -4.30. The van der Waals surface area contributed by atoms with Crippen molar-refractivity contribution in [1.29, 1.82) is 0 Å². The number of amides is 2. The molecule has 0 spiro atoms. The maximum atomic E-state index is 13.2. The van der Waals surface area contributed by atoms with E-state index in [1.54, 1.807) is 48.3 Å². The summed E-state index contributed by atoms with van der Waals surface area (Å²) in [7, 11) is 7.13. The zero-order valence-corrected chi connectivity index (χ0v) is 22.1. The molecule has 3 aromatic carbocycles. The van der Waals surface area contributed by atoms with Gasteiger partial charge in [-0.2, -0.15) is 0 Å². The summed E-state index contributed by atoms with van der Waals surface area (Å²) in [6, 6.07) is 21.7. The molecule has 0 radical (unpaired) electrons. The molecule has 2 amide bonds. The first kappa shape index (κ1) is 26.8. The zero-order valence-electron chi connectivity index (χ0n) is 22.1. The highest BCUT2D eigenvalue weighted by Gasteiger charge is 2.36. The predicted molar refractivity (Wildman–Crippen MR) is 148 cm³/mol. The summed E-state index contributed by atoms with van der Waals surface area (Å²) in [5.41, 5.74) is 4.07. The minimum atomic E-state index is -0.688. The Morgan fingerprint density at radius 2 is 1.63 bits per heavy atom. The molecule has 1 unspecified atom stereocenters. The van der Waals surface area contributed by atoms with Gasteiger partial charge < -0.3 is 19.9 Å². The van der Waals surface area contributed by atoms with Gasteiger partial charge in [-0.25, -0.2) is 4.79 Å². The number of benzene rings is 3. The average Bonchev–Trinajstić information content (AvgIpc) is 3.25. The van der Waals surface area contributed by atoms with Crippen LogP contribution in [0.25, 0.3) is 0 Å². The van der Waals surface area contributed by atoms with Crippen LogP contribution in [0.4, 0.5) is 11.4 Å². The van der Waals surface area contributed by atoms with E-state index in [2.05, 4.69) is 10.2 Å². The van der Waals surface area contributed by atoms with Crippen LogP contribution in [0.1, 0.15) is 44.2 Å². The normalized spacial score (nSPS) is 14.7. The number of esters is 1. The van der Waals surface area contributed by atoms with Gasteiger partial charge in [0, 0.05) is 24.8 Å². The van der Waals surface area contributed by atoms with Gasteiger partial charge in [0.25, 0.3) is 5.91 Å². The van der Waals surface area contributed by atoms with Gasteiger partial charge in [0.1, 0.15) is 5.92 Å². The Labute approximate surface area is 222 Å². The number of methoxy groups -OCH3 is 1. The largest absolute Gasteiger partial charge is 0.465 e. The number of hydrogen-bond acceptors (Lipinski definition) is 6. The topological polar surface area (TPSA) is 91.3 Å². The Balaban J connectivity index is 1.69. The summed E-state index contributed by atoms with van der Waals surface area (Å²) in [5.74, 6) is -1.48. The van der Waals surface area contributed by atoms with E-state index in [-0.39, 0.29) is 11.8 Å². The molecule has 0 aliphatic carbocycles. The highest BCUT2D eigenvalue weighted by molar-refractivity contribution is 6.24. The smallest absolute Gasteiger partial charge is 0.337 e. The first-order chi connectivity index (χ1) is 18.3. The van der Waals surface area contributed by atoms with Crippen LogP contribution in [-0.2, 0) is 9.53 Å². The van der Waals surface area contributed by atoms with E-state index in [1.807, 2.05) is 50.5 Å². The number of fused-ring (bicyclic) bond motifs is 1. The van der Waals surface area contributed by atoms with Crippen molar-refractivity contribution in [2.45, 2.75) is 12.3 Å². The number of rotatable bonds is 9. The van der Waals surface area contributed by atoms with Crippen molar-refractivity contribution >= 4 is 34.9 Å². The maximum Gasteiger partial charge on any atom is 0.337 e. The predicted octanol–water partition coefficient (Wildman–Crippen LogP) is 4.35. The van der Waals surface area contributed by atoms with Crippen LogP contribution in [0.2, 0.25) is 0 Å². The number of aliphatic imine (C=N–C) groups is 1. The molecule has 196 valence electrons. The van der Waals surface area contributed by atoms with Gasteiger partial charge in [0.2, 0.25) is 5.91 Å². The van der Waals surface area contributed by atoms with Crippen molar-refractivity contribution in [3.63, 3.8) is 0 Å². The van der Waals surface area contributed by atoms with Crippen molar-refractivity contribution in [3.8, 4) is 0 Å². The average molecular weight is 513 g/mol. The monoisotopic (exact) mass is 512 g/mol. The Morgan fingerprint density at radius 1 is 0.895 bits per heavy atom. The second kappa shape index (κ2) is 11.8. The Morgan fingerprint density at radius 3 is 2.34 bits per heavy atom. The fourth-order valence-corrected chi connectivity index (χ4v) is 4.48. The van der Waals surface area contributed by atoms with Crippen LogP contribution < -0.4 is 5.32 Å². The van der Waals surface area contributed by atoms with Crippen LogP contribution in [0.5, 0.6) is 0 Å². The lowest BCUT2D eigenvalue weighted by molar-refractivity contribution is -0.115. The summed E-state index contributed by atoms with van der Waals surface area (Å²) in [5, 5.41) is 2.88. The van der Waals surface area contributed by atoms with Crippen LogP contribution in [0.15, 0.2) is 77.8 Å². The fourth-order valence-electron chi connectivity index (χ4n) is 4.48. The van der Waals surface area contributed by atoms with E-state index in [1.165, 1.54) is 7.11 Å². The van der Waals surface area contributed by atoms with Crippen LogP contribution in [-0.4, -0.2) is 74.6 Å². The highest BCUT2D eigenvalue weighted by Crippen LogP contribution is 2.37.